The topological polar surface area (TPSA) is 31.4 Å². The van der Waals surface area contributed by atoms with E-state index < -0.39 is 0 Å². The lowest BCUT2D eigenvalue weighted by molar-refractivity contribution is 0.162. The van der Waals surface area contributed by atoms with Crippen LogP contribution >= 0.6 is 0 Å². The highest BCUT2D eigenvalue weighted by molar-refractivity contribution is 5.80. The molecule has 100 valence electrons. The number of aromatic amines is 1. The molecule has 2 aromatic rings. The molecule has 0 aliphatic carbocycles. The summed E-state index contributed by atoms with van der Waals surface area (Å²) in [6.45, 7) is 7.75. The van der Waals surface area contributed by atoms with E-state index >= 15 is 0 Å². The molecule has 0 radical (unpaired) electrons. The maximum Gasteiger partial charge on any atom is 0.0770 e. The Hall–Kier alpha value is -1.77. The fraction of sp³-hybridized carbons (Fsp3) is 0.438. The third-order valence-corrected chi connectivity index (χ3v) is 3.52. The molecule has 0 spiro atoms. The molecule has 1 aliphatic heterocycles. The Morgan fingerprint density at radius 3 is 2.95 bits per heavy atom. The molecular formula is C16H21N3. The second-order valence-electron chi connectivity index (χ2n) is 6.53. The maximum absolute atomic E-state index is 4.54. The van der Waals surface area contributed by atoms with Crippen LogP contribution in [0.4, 0.5) is 0 Å². The first kappa shape index (κ1) is 12.3. The van der Waals surface area contributed by atoms with Crippen molar-refractivity contribution in [2.45, 2.75) is 33.2 Å². The average molecular weight is 255 g/mol. The molecule has 1 aromatic carbocycles. The van der Waals surface area contributed by atoms with Crippen LogP contribution in [-0.4, -0.2) is 22.8 Å². The highest BCUT2D eigenvalue weighted by Crippen LogP contribution is 2.32. The lowest BCUT2D eigenvalue weighted by Gasteiger charge is -2.30. The van der Waals surface area contributed by atoms with Gasteiger partial charge >= 0.3 is 0 Å². The van der Waals surface area contributed by atoms with E-state index in [1.807, 2.05) is 12.4 Å². The van der Waals surface area contributed by atoms with E-state index in [1.54, 1.807) is 0 Å². The molecule has 0 bridgehead atoms. The van der Waals surface area contributed by atoms with Gasteiger partial charge in [-0.15, -0.1) is 0 Å². The number of hydrazone groups is 1. The zero-order valence-corrected chi connectivity index (χ0v) is 11.9. The standard InChI is InChI=1S/C16H21N3/c1-16(2,3)11-19-15(7-9-18-19)13-5-4-12-6-8-17-14(12)10-13/h4-6,8-10,15,17H,7,11H2,1-3H3. The number of hydrogen-bond donors (Lipinski definition) is 1. The molecule has 2 heterocycles. The molecule has 0 saturated carbocycles. The summed E-state index contributed by atoms with van der Waals surface area (Å²) in [7, 11) is 0. The summed E-state index contributed by atoms with van der Waals surface area (Å²) in [6.07, 6.45) is 5.03. The molecule has 1 aromatic heterocycles. The molecule has 0 fully saturated rings. The van der Waals surface area contributed by atoms with Crippen LogP contribution in [0.2, 0.25) is 0 Å². The first-order valence-corrected chi connectivity index (χ1v) is 6.89. The van der Waals surface area contributed by atoms with Crippen molar-refractivity contribution < 1.29 is 0 Å². The van der Waals surface area contributed by atoms with Crippen LogP contribution in [-0.2, 0) is 0 Å². The number of rotatable bonds is 2. The van der Waals surface area contributed by atoms with E-state index in [0.29, 0.717) is 6.04 Å². The fourth-order valence-electron chi connectivity index (χ4n) is 2.67. The van der Waals surface area contributed by atoms with E-state index in [-0.39, 0.29) is 5.41 Å². The quantitative estimate of drug-likeness (QED) is 0.865. The van der Waals surface area contributed by atoms with Gasteiger partial charge in [-0.25, -0.2) is 0 Å². The van der Waals surface area contributed by atoms with E-state index in [0.717, 1.165) is 13.0 Å². The molecule has 0 amide bonds. The number of aromatic nitrogens is 1. The number of hydrogen-bond acceptors (Lipinski definition) is 2. The van der Waals surface area contributed by atoms with Gasteiger partial charge in [0.05, 0.1) is 6.04 Å². The molecule has 0 saturated heterocycles. The Kier molecular flexibility index (Phi) is 2.85. The number of H-pyrrole nitrogens is 1. The zero-order valence-electron chi connectivity index (χ0n) is 11.9. The Morgan fingerprint density at radius 1 is 1.32 bits per heavy atom. The molecular weight excluding hydrogens is 234 g/mol. The number of benzene rings is 1. The fourth-order valence-corrected chi connectivity index (χ4v) is 2.67. The van der Waals surface area contributed by atoms with Crippen LogP contribution in [0.5, 0.6) is 0 Å². The van der Waals surface area contributed by atoms with E-state index in [1.165, 1.54) is 16.5 Å². The van der Waals surface area contributed by atoms with Gasteiger partial charge in [-0.2, -0.15) is 5.10 Å². The lowest BCUT2D eigenvalue weighted by Crippen LogP contribution is -2.29. The number of nitrogens with zero attached hydrogens (tertiary/aromatic N) is 2. The maximum atomic E-state index is 4.54. The number of nitrogens with one attached hydrogen (secondary N) is 1. The van der Waals surface area contributed by atoms with Crippen LogP contribution in [0.1, 0.15) is 38.8 Å². The van der Waals surface area contributed by atoms with Crippen molar-refractivity contribution in [3.05, 3.63) is 36.0 Å². The van der Waals surface area contributed by atoms with Gasteiger partial charge in [-0.05, 0) is 28.5 Å². The van der Waals surface area contributed by atoms with Crippen molar-refractivity contribution >= 4 is 17.1 Å². The predicted molar refractivity (Wildman–Crippen MR) is 80.3 cm³/mol. The first-order chi connectivity index (χ1) is 9.03. The van der Waals surface area contributed by atoms with Crippen molar-refractivity contribution in [2.24, 2.45) is 10.5 Å². The van der Waals surface area contributed by atoms with Gasteiger partial charge < -0.3 is 4.98 Å². The summed E-state index contributed by atoms with van der Waals surface area (Å²) in [5, 5.41) is 8.04. The average Bonchev–Trinajstić information content (AvgIpc) is 2.93. The first-order valence-electron chi connectivity index (χ1n) is 6.89. The third-order valence-electron chi connectivity index (χ3n) is 3.52. The van der Waals surface area contributed by atoms with Crippen molar-refractivity contribution in [1.29, 1.82) is 0 Å². The van der Waals surface area contributed by atoms with Gasteiger partial charge in [-0.1, -0.05) is 32.9 Å². The SMILES string of the molecule is CC(C)(C)CN1N=CCC1c1ccc2cc[nH]c2c1. The highest BCUT2D eigenvalue weighted by atomic mass is 15.5. The van der Waals surface area contributed by atoms with Gasteiger partial charge in [-0.3, -0.25) is 5.01 Å². The molecule has 3 rings (SSSR count). The lowest BCUT2D eigenvalue weighted by atomic mass is 9.95. The van der Waals surface area contributed by atoms with Crippen molar-refractivity contribution in [2.75, 3.05) is 6.54 Å². The largest absolute Gasteiger partial charge is 0.361 e. The van der Waals surface area contributed by atoms with Crippen molar-refractivity contribution in [3.63, 3.8) is 0 Å². The second kappa shape index (κ2) is 4.41. The predicted octanol–water partition coefficient (Wildman–Crippen LogP) is 3.95. The molecule has 3 nitrogen and oxygen atoms in total. The summed E-state index contributed by atoms with van der Waals surface area (Å²) < 4.78 is 0. The van der Waals surface area contributed by atoms with Gasteiger partial charge in [0, 0.05) is 30.9 Å². The normalized spacial score (nSPS) is 19.5. The smallest absolute Gasteiger partial charge is 0.0770 e. The summed E-state index contributed by atoms with van der Waals surface area (Å²) in [5.41, 5.74) is 2.81. The zero-order chi connectivity index (χ0) is 13.5. The van der Waals surface area contributed by atoms with Gasteiger partial charge in [0.25, 0.3) is 0 Å². The molecule has 1 atom stereocenters. The Labute approximate surface area is 114 Å². The van der Waals surface area contributed by atoms with E-state index in [4.69, 9.17) is 0 Å². The summed E-state index contributed by atoms with van der Waals surface area (Å²) in [4.78, 5) is 3.29. The van der Waals surface area contributed by atoms with Crippen LogP contribution in [0, 0.1) is 5.41 Å². The molecule has 3 heteroatoms. The Morgan fingerprint density at radius 2 is 2.16 bits per heavy atom. The van der Waals surface area contributed by atoms with Crippen LogP contribution in [0.3, 0.4) is 0 Å². The number of fused-ring (bicyclic) bond motifs is 1. The van der Waals surface area contributed by atoms with Crippen molar-refractivity contribution in [1.82, 2.24) is 9.99 Å². The van der Waals surface area contributed by atoms with Crippen LogP contribution < -0.4 is 0 Å². The van der Waals surface area contributed by atoms with E-state index in [9.17, 15) is 0 Å². The monoisotopic (exact) mass is 255 g/mol. The van der Waals surface area contributed by atoms with Gasteiger partial charge in [0.1, 0.15) is 0 Å². The molecule has 19 heavy (non-hydrogen) atoms. The van der Waals surface area contributed by atoms with E-state index in [2.05, 4.69) is 60.1 Å². The van der Waals surface area contributed by atoms with Gasteiger partial charge in [0.15, 0.2) is 0 Å². The molecule has 1 N–H and O–H groups in total. The minimum absolute atomic E-state index is 0.260. The second-order valence-corrected chi connectivity index (χ2v) is 6.53. The highest BCUT2D eigenvalue weighted by Gasteiger charge is 2.26. The van der Waals surface area contributed by atoms with Gasteiger partial charge in [0.2, 0.25) is 0 Å². The van der Waals surface area contributed by atoms with Crippen LogP contribution in [0.15, 0.2) is 35.6 Å². The van der Waals surface area contributed by atoms with Crippen LogP contribution in [0.25, 0.3) is 10.9 Å². The molecule has 1 aliphatic rings. The third kappa shape index (κ3) is 2.50. The minimum Gasteiger partial charge on any atom is -0.361 e. The summed E-state index contributed by atoms with van der Waals surface area (Å²) in [5.74, 6) is 0. The summed E-state index contributed by atoms with van der Waals surface area (Å²) >= 11 is 0. The minimum atomic E-state index is 0.260. The van der Waals surface area contributed by atoms with Crippen molar-refractivity contribution in [3.8, 4) is 0 Å². The Bertz CT molecular complexity index is 604. The molecule has 1 unspecified atom stereocenters. The summed E-state index contributed by atoms with van der Waals surface area (Å²) in [6, 6.07) is 9.16. The Balaban J connectivity index is 1.88.